The van der Waals surface area contributed by atoms with Crippen LogP contribution in [-0.4, -0.2) is 37.7 Å². The van der Waals surface area contributed by atoms with Gasteiger partial charge in [-0.3, -0.25) is 4.79 Å². The Morgan fingerprint density at radius 3 is 2.71 bits per heavy atom. The van der Waals surface area contributed by atoms with Gasteiger partial charge in [-0.1, -0.05) is 11.8 Å². The minimum Gasteiger partial charge on any atom is -0.467 e. The highest BCUT2D eigenvalue weighted by Gasteiger charge is 2.31. The van der Waals surface area contributed by atoms with Crippen molar-refractivity contribution in [1.82, 2.24) is 25.5 Å². The number of nitrogens with one attached hydrogen (secondary N) is 1. The summed E-state index contributed by atoms with van der Waals surface area (Å²) in [5.41, 5.74) is 0.421. The summed E-state index contributed by atoms with van der Waals surface area (Å²) in [6, 6.07) is 8.52. The molecule has 0 aliphatic carbocycles. The van der Waals surface area contributed by atoms with Gasteiger partial charge in [-0.25, -0.2) is 0 Å². The van der Waals surface area contributed by atoms with E-state index in [4.69, 9.17) is 4.42 Å². The number of furan rings is 1. The van der Waals surface area contributed by atoms with Gasteiger partial charge in [0.15, 0.2) is 0 Å². The van der Waals surface area contributed by atoms with E-state index in [1.54, 1.807) is 19.1 Å². The molecule has 0 aliphatic rings. The molecular formula is C16H14F3N5O3S. The lowest BCUT2D eigenvalue weighted by molar-refractivity contribution is -0.274. The number of ether oxygens (including phenoxy) is 1. The zero-order valence-electron chi connectivity index (χ0n) is 14.4. The topological polar surface area (TPSA) is 95.1 Å². The van der Waals surface area contributed by atoms with Gasteiger partial charge in [0.1, 0.15) is 11.5 Å². The second-order valence-electron chi connectivity index (χ2n) is 5.47. The third kappa shape index (κ3) is 5.25. The monoisotopic (exact) mass is 413 g/mol. The van der Waals surface area contributed by atoms with E-state index in [1.807, 2.05) is 0 Å². The molecule has 148 valence electrons. The van der Waals surface area contributed by atoms with E-state index in [2.05, 4.69) is 25.6 Å². The summed E-state index contributed by atoms with van der Waals surface area (Å²) in [4.78, 5) is 12.2. The first-order valence-corrected chi connectivity index (χ1v) is 8.81. The zero-order valence-corrected chi connectivity index (χ0v) is 15.2. The van der Waals surface area contributed by atoms with Crippen molar-refractivity contribution >= 4 is 17.7 Å². The standard InChI is InChI=1S/C16H14F3N5O3S/c1-10(14(25)20-9-13-3-2-8-26-13)28-15-21-22-23-24(15)11-4-6-12(7-5-11)27-16(17,18)19/h2-8,10H,9H2,1H3,(H,20,25)/t10-/m0/s1. The first kappa shape index (κ1) is 19.7. The first-order chi connectivity index (χ1) is 13.3. The molecule has 3 rings (SSSR count). The highest BCUT2D eigenvalue weighted by Crippen LogP contribution is 2.26. The summed E-state index contributed by atoms with van der Waals surface area (Å²) >= 11 is 1.10. The number of rotatable bonds is 7. The molecule has 8 nitrogen and oxygen atoms in total. The highest BCUT2D eigenvalue weighted by atomic mass is 32.2. The van der Waals surface area contributed by atoms with Gasteiger partial charge in [0, 0.05) is 0 Å². The van der Waals surface area contributed by atoms with Crippen molar-refractivity contribution in [2.24, 2.45) is 0 Å². The van der Waals surface area contributed by atoms with Crippen molar-refractivity contribution in [3.63, 3.8) is 0 Å². The number of carbonyl (C=O) groups is 1. The van der Waals surface area contributed by atoms with Crippen LogP contribution >= 0.6 is 11.8 Å². The predicted octanol–water partition coefficient (Wildman–Crippen LogP) is 2.95. The predicted molar refractivity (Wildman–Crippen MR) is 91.7 cm³/mol. The summed E-state index contributed by atoms with van der Waals surface area (Å²) < 4.78 is 47.0. The van der Waals surface area contributed by atoms with E-state index in [1.165, 1.54) is 23.1 Å². The molecule has 0 saturated carbocycles. The third-order valence-corrected chi connectivity index (χ3v) is 4.46. The Labute approximate surface area is 161 Å². The summed E-state index contributed by atoms with van der Waals surface area (Å²) in [5.74, 6) is 0.0191. The van der Waals surface area contributed by atoms with Gasteiger partial charge in [-0.15, -0.1) is 18.3 Å². The number of amides is 1. The van der Waals surface area contributed by atoms with Crippen LogP contribution in [-0.2, 0) is 11.3 Å². The molecule has 2 heterocycles. The van der Waals surface area contributed by atoms with Crippen molar-refractivity contribution in [1.29, 1.82) is 0 Å². The molecule has 0 bridgehead atoms. The third-order valence-electron chi connectivity index (χ3n) is 3.42. The summed E-state index contributed by atoms with van der Waals surface area (Å²) in [6.07, 6.45) is -3.26. The lowest BCUT2D eigenvalue weighted by atomic mass is 10.3. The number of nitrogens with zero attached hydrogens (tertiary/aromatic N) is 4. The Hall–Kier alpha value is -3.02. The molecule has 1 aromatic carbocycles. The van der Waals surface area contributed by atoms with Gasteiger partial charge in [-0.05, 0) is 53.7 Å². The first-order valence-electron chi connectivity index (χ1n) is 7.93. The van der Waals surface area contributed by atoms with Crippen molar-refractivity contribution in [2.75, 3.05) is 0 Å². The van der Waals surface area contributed by atoms with E-state index < -0.39 is 11.6 Å². The Bertz CT molecular complexity index is 913. The van der Waals surface area contributed by atoms with Crippen molar-refractivity contribution in [3.05, 3.63) is 48.4 Å². The molecule has 0 radical (unpaired) electrons. The molecule has 12 heteroatoms. The molecule has 0 spiro atoms. The second-order valence-corrected chi connectivity index (χ2v) is 6.78. The van der Waals surface area contributed by atoms with Gasteiger partial charge in [0.2, 0.25) is 11.1 Å². The zero-order chi connectivity index (χ0) is 20.1. The number of alkyl halides is 3. The number of aromatic nitrogens is 4. The van der Waals surface area contributed by atoms with Crippen LogP contribution in [0.25, 0.3) is 5.69 Å². The van der Waals surface area contributed by atoms with Crippen LogP contribution in [0.15, 0.2) is 52.2 Å². The number of benzene rings is 1. The van der Waals surface area contributed by atoms with E-state index in [0.29, 0.717) is 16.6 Å². The Morgan fingerprint density at radius 1 is 1.32 bits per heavy atom. The van der Waals surface area contributed by atoms with E-state index >= 15 is 0 Å². The van der Waals surface area contributed by atoms with Crippen molar-refractivity contribution in [2.45, 2.75) is 30.2 Å². The molecular weight excluding hydrogens is 399 g/mol. The Balaban J connectivity index is 1.63. The van der Waals surface area contributed by atoms with E-state index in [9.17, 15) is 18.0 Å². The fourth-order valence-electron chi connectivity index (χ4n) is 2.15. The van der Waals surface area contributed by atoms with Crippen LogP contribution in [0.1, 0.15) is 12.7 Å². The molecule has 2 aromatic heterocycles. The molecule has 1 amide bonds. The quantitative estimate of drug-likeness (QED) is 0.595. The molecule has 3 aromatic rings. The fourth-order valence-corrected chi connectivity index (χ4v) is 2.98. The number of hydrogen-bond donors (Lipinski definition) is 1. The normalized spacial score (nSPS) is 12.6. The molecule has 1 atom stereocenters. The number of tetrazole rings is 1. The number of halogens is 3. The Kier molecular flexibility index (Phi) is 5.87. The average Bonchev–Trinajstić information content (AvgIpc) is 3.31. The maximum atomic E-state index is 12.2. The number of thioether (sulfide) groups is 1. The summed E-state index contributed by atoms with van der Waals surface area (Å²) in [7, 11) is 0. The second kappa shape index (κ2) is 8.33. The molecule has 0 aliphatic heterocycles. The lowest BCUT2D eigenvalue weighted by Crippen LogP contribution is -2.30. The van der Waals surface area contributed by atoms with E-state index in [-0.39, 0.29) is 18.2 Å². The lowest BCUT2D eigenvalue weighted by Gasteiger charge is -2.12. The van der Waals surface area contributed by atoms with Crippen LogP contribution in [0.2, 0.25) is 0 Å². The van der Waals surface area contributed by atoms with Crippen molar-refractivity contribution < 1.29 is 27.1 Å². The number of hydrogen-bond acceptors (Lipinski definition) is 7. The highest BCUT2D eigenvalue weighted by molar-refractivity contribution is 8.00. The summed E-state index contributed by atoms with van der Waals surface area (Å²) in [6.45, 7) is 1.93. The van der Waals surface area contributed by atoms with Crippen molar-refractivity contribution in [3.8, 4) is 11.4 Å². The largest absolute Gasteiger partial charge is 0.573 e. The molecule has 0 unspecified atom stereocenters. The average molecular weight is 413 g/mol. The minimum absolute atomic E-state index is 0.245. The van der Waals surface area contributed by atoms with Gasteiger partial charge in [0.05, 0.1) is 23.7 Å². The molecule has 0 fully saturated rings. The Morgan fingerprint density at radius 2 is 2.07 bits per heavy atom. The van der Waals surface area contributed by atoms with Gasteiger partial charge < -0.3 is 14.5 Å². The van der Waals surface area contributed by atoms with Crippen LogP contribution in [0.5, 0.6) is 5.75 Å². The molecule has 1 N–H and O–H groups in total. The molecule has 28 heavy (non-hydrogen) atoms. The van der Waals surface area contributed by atoms with Crippen LogP contribution in [0, 0.1) is 0 Å². The van der Waals surface area contributed by atoms with Crippen LogP contribution in [0.4, 0.5) is 13.2 Å². The van der Waals surface area contributed by atoms with Gasteiger partial charge in [0.25, 0.3) is 0 Å². The smallest absolute Gasteiger partial charge is 0.467 e. The summed E-state index contributed by atoms with van der Waals surface area (Å²) in [5, 5.41) is 13.8. The van der Waals surface area contributed by atoms with Crippen LogP contribution in [0.3, 0.4) is 0 Å². The van der Waals surface area contributed by atoms with Gasteiger partial charge in [-0.2, -0.15) is 4.68 Å². The maximum Gasteiger partial charge on any atom is 0.573 e. The van der Waals surface area contributed by atoms with E-state index in [0.717, 1.165) is 23.9 Å². The fraction of sp³-hybridized carbons (Fsp3) is 0.250. The minimum atomic E-state index is -4.77. The SMILES string of the molecule is C[C@H](Sc1nnnn1-c1ccc(OC(F)(F)F)cc1)C(=O)NCc1ccco1. The maximum absolute atomic E-state index is 12.2. The van der Waals surface area contributed by atoms with Gasteiger partial charge >= 0.3 is 6.36 Å². The molecule has 0 saturated heterocycles. The van der Waals surface area contributed by atoms with Crippen LogP contribution < -0.4 is 10.1 Å². The number of carbonyl (C=O) groups excluding carboxylic acids is 1.